The van der Waals surface area contributed by atoms with Gasteiger partial charge in [0.05, 0.1) is 22.4 Å². The number of benzene rings is 1. The predicted octanol–water partition coefficient (Wildman–Crippen LogP) is 2.48. The minimum atomic E-state index is -3.19. The van der Waals surface area contributed by atoms with E-state index in [2.05, 4.69) is 4.74 Å². The number of rotatable bonds is 5. The van der Waals surface area contributed by atoms with Crippen molar-refractivity contribution in [1.29, 1.82) is 0 Å². The zero-order valence-electron chi connectivity index (χ0n) is 8.60. The van der Waals surface area contributed by atoms with Gasteiger partial charge in [-0.05, 0) is 6.07 Å². The summed E-state index contributed by atoms with van der Waals surface area (Å²) in [6.45, 7) is -3.19. The van der Waals surface area contributed by atoms with E-state index in [9.17, 15) is 23.7 Å². The van der Waals surface area contributed by atoms with E-state index in [1.54, 1.807) is 0 Å². The Hall–Kier alpha value is -1.96. The van der Waals surface area contributed by atoms with Gasteiger partial charge in [-0.2, -0.15) is 8.78 Å². The molecule has 1 rings (SSSR count). The molecule has 6 nitrogen and oxygen atoms in total. The van der Waals surface area contributed by atoms with Crippen LogP contribution in [0.2, 0.25) is 5.02 Å². The highest BCUT2D eigenvalue weighted by Gasteiger charge is 2.21. The first-order valence-corrected chi connectivity index (χ1v) is 4.82. The van der Waals surface area contributed by atoms with E-state index >= 15 is 0 Å². The summed E-state index contributed by atoms with van der Waals surface area (Å²) in [4.78, 5) is 20.3. The van der Waals surface area contributed by atoms with Gasteiger partial charge in [0, 0.05) is 5.56 Å². The summed E-state index contributed by atoms with van der Waals surface area (Å²) >= 11 is 5.56. The van der Waals surface area contributed by atoms with Crippen LogP contribution in [0.1, 0.15) is 5.56 Å². The smallest absolute Gasteiger partial charge is 0.387 e. The Morgan fingerprint density at radius 2 is 2.17 bits per heavy atom. The number of nitrogens with zero attached hydrogens (tertiary/aromatic N) is 1. The van der Waals surface area contributed by atoms with Crippen LogP contribution in [0.4, 0.5) is 14.5 Å². The second-order valence-corrected chi connectivity index (χ2v) is 3.52. The monoisotopic (exact) mass is 281 g/mol. The van der Waals surface area contributed by atoms with Gasteiger partial charge in [0.25, 0.3) is 5.69 Å². The average molecular weight is 282 g/mol. The molecule has 0 aromatic heterocycles. The molecule has 0 fully saturated rings. The number of ether oxygens (including phenoxy) is 1. The molecular weight excluding hydrogens is 276 g/mol. The van der Waals surface area contributed by atoms with Crippen molar-refractivity contribution in [1.82, 2.24) is 0 Å². The minimum absolute atomic E-state index is 0.195. The SMILES string of the molecule is O=C(O)Cc1cc(Cl)c(OC(F)F)cc1[N+](=O)[O-]. The van der Waals surface area contributed by atoms with E-state index in [1.807, 2.05) is 0 Å². The second-order valence-electron chi connectivity index (χ2n) is 3.12. The molecule has 0 saturated carbocycles. The Kier molecular flexibility index (Phi) is 4.38. The van der Waals surface area contributed by atoms with E-state index in [4.69, 9.17) is 16.7 Å². The molecule has 0 atom stereocenters. The largest absolute Gasteiger partial charge is 0.481 e. The molecule has 0 aliphatic rings. The van der Waals surface area contributed by atoms with E-state index < -0.39 is 35.4 Å². The molecule has 1 N–H and O–H groups in total. The van der Waals surface area contributed by atoms with Gasteiger partial charge in [-0.15, -0.1) is 0 Å². The Balaban J connectivity index is 3.25. The van der Waals surface area contributed by atoms with Gasteiger partial charge in [0.15, 0.2) is 5.75 Å². The van der Waals surface area contributed by atoms with Gasteiger partial charge >= 0.3 is 12.6 Å². The summed E-state index contributed by atoms with van der Waals surface area (Å²) in [5, 5.41) is 18.9. The summed E-state index contributed by atoms with van der Waals surface area (Å²) in [5.41, 5.74) is -0.837. The third-order valence-corrected chi connectivity index (χ3v) is 2.18. The molecule has 0 aliphatic heterocycles. The molecule has 0 heterocycles. The van der Waals surface area contributed by atoms with E-state index in [-0.39, 0.29) is 10.6 Å². The lowest BCUT2D eigenvalue weighted by atomic mass is 10.1. The second kappa shape index (κ2) is 5.58. The highest BCUT2D eigenvalue weighted by atomic mass is 35.5. The molecule has 0 amide bonds. The lowest BCUT2D eigenvalue weighted by Gasteiger charge is -2.08. The molecule has 0 spiro atoms. The number of hydrogen-bond donors (Lipinski definition) is 1. The normalized spacial score (nSPS) is 10.4. The Labute approximate surface area is 104 Å². The number of carbonyl (C=O) groups is 1. The van der Waals surface area contributed by atoms with E-state index in [0.717, 1.165) is 6.07 Å². The van der Waals surface area contributed by atoms with Crippen molar-refractivity contribution < 1.29 is 28.3 Å². The van der Waals surface area contributed by atoms with Gasteiger partial charge in [0.1, 0.15) is 0 Å². The molecule has 0 bridgehead atoms. The third kappa shape index (κ3) is 3.52. The molecule has 0 radical (unpaired) electrons. The van der Waals surface area contributed by atoms with Crippen molar-refractivity contribution in [2.24, 2.45) is 0 Å². The number of aliphatic carboxylic acids is 1. The van der Waals surface area contributed by atoms with Crippen LogP contribution in [0.15, 0.2) is 12.1 Å². The summed E-state index contributed by atoms with van der Waals surface area (Å²) in [5.74, 6) is -1.88. The van der Waals surface area contributed by atoms with Crippen LogP contribution >= 0.6 is 11.6 Å². The maximum atomic E-state index is 12.0. The molecule has 18 heavy (non-hydrogen) atoms. The number of hydrogen-bond acceptors (Lipinski definition) is 4. The van der Waals surface area contributed by atoms with Gasteiger partial charge in [-0.3, -0.25) is 14.9 Å². The first kappa shape index (κ1) is 14.1. The number of halogens is 3. The fraction of sp³-hybridized carbons (Fsp3) is 0.222. The number of carboxylic acid groups (broad SMARTS) is 1. The summed E-state index contributed by atoms with van der Waals surface area (Å²) in [6.07, 6.45) is -0.648. The van der Waals surface area contributed by atoms with Gasteiger partial charge < -0.3 is 9.84 Å². The molecule has 1 aromatic rings. The van der Waals surface area contributed by atoms with E-state index in [1.165, 1.54) is 0 Å². The van der Waals surface area contributed by atoms with Crippen LogP contribution in [-0.4, -0.2) is 22.6 Å². The van der Waals surface area contributed by atoms with Crippen molar-refractivity contribution in [3.8, 4) is 5.75 Å². The van der Waals surface area contributed by atoms with Crippen LogP contribution in [0, 0.1) is 10.1 Å². The van der Waals surface area contributed by atoms with E-state index in [0.29, 0.717) is 6.07 Å². The zero-order chi connectivity index (χ0) is 13.9. The van der Waals surface area contributed by atoms with Crippen LogP contribution in [0.25, 0.3) is 0 Å². The molecule has 0 aliphatic carbocycles. The first-order valence-electron chi connectivity index (χ1n) is 4.44. The van der Waals surface area contributed by atoms with Crippen molar-refractivity contribution in [3.05, 3.63) is 32.8 Å². The molecule has 0 unspecified atom stereocenters. The number of alkyl halides is 2. The van der Waals surface area contributed by atoms with Crippen LogP contribution in [0.3, 0.4) is 0 Å². The summed E-state index contributed by atoms with van der Waals surface area (Å²) < 4.78 is 28.0. The maximum Gasteiger partial charge on any atom is 0.387 e. The van der Waals surface area contributed by atoms with Gasteiger partial charge in [-0.25, -0.2) is 0 Å². The van der Waals surface area contributed by atoms with Crippen LogP contribution in [0.5, 0.6) is 5.75 Å². The highest BCUT2D eigenvalue weighted by molar-refractivity contribution is 6.32. The molecule has 1 aromatic carbocycles. The summed E-state index contributed by atoms with van der Waals surface area (Å²) in [7, 11) is 0. The van der Waals surface area contributed by atoms with Crippen molar-refractivity contribution >= 4 is 23.3 Å². The van der Waals surface area contributed by atoms with Gasteiger partial charge in [-0.1, -0.05) is 11.6 Å². The fourth-order valence-corrected chi connectivity index (χ4v) is 1.48. The number of nitro benzene ring substituents is 1. The number of nitro groups is 1. The third-order valence-electron chi connectivity index (χ3n) is 1.89. The molecule has 98 valence electrons. The minimum Gasteiger partial charge on any atom is -0.481 e. The van der Waals surface area contributed by atoms with Crippen LogP contribution in [-0.2, 0) is 11.2 Å². The lowest BCUT2D eigenvalue weighted by Crippen LogP contribution is -2.07. The quantitative estimate of drug-likeness (QED) is 0.661. The van der Waals surface area contributed by atoms with Crippen molar-refractivity contribution in [2.75, 3.05) is 0 Å². The Morgan fingerprint density at radius 1 is 1.56 bits per heavy atom. The molecular formula is C9H6ClF2NO5. The average Bonchev–Trinajstić information content (AvgIpc) is 2.19. The summed E-state index contributed by atoms with van der Waals surface area (Å²) in [6, 6.07) is 1.60. The van der Waals surface area contributed by atoms with Crippen molar-refractivity contribution in [3.63, 3.8) is 0 Å². The highest BCUT2D eigenvalue weighted by Crippen LogP contribution is 2.33. The lowest BCUT2D eigenvalue weighted by molar-refractivity contribution is -0.385. The standard InChI is InChI=1S/C9H6ClF2NO5/c10-5-1-4(2-8(14)15)6(13(16)17)3-7(5)18-9(11)12/h1,3,9H,2H2,(H,14,15). The predicted molar refractivity (Wildman–Crippen MR) is 56.1 cm³/mol. The number of carboxylic acids is 1. The van der Waals surface area contributed by atoms with Gasteiger partial charge in [0.2, 0.25) is 0 Å². The fourth-order valence-electron chi connectivity index (χ4n) is 1.24. The first-order chi connectivity index (χ1) is 8.31. The van der Waals surface area contributed by atoms with Crippen LogP contribution < -0.4 is 4.74 Å². The topological polar surface area (TPSA) is 89.7 Å². The van der Waals surface area contributed by atoms with Crippen molar-refractivity contribution in [2.45, 2.75) is 13.0 Å². The maximum absolute atomic E-state index is 12.0. The Morgan fingerprint density at radius 3 is 2.61 bits per heavy atom. The Bertz CT molecular complexity index is 494. The molecule has 0 saturated heterocycles. The molecule has 9 heteroatoms. The zero-order valence-corrected chi connectivity index (χ0v) is 9.36.